The quantitative estimate of drug-likeness (QED) is 0.393. The lowest BCUT2D eigenvalue weighted by atomic mass is 9.93. The van der Waals surface area contributed by atoms with Crippen LogP contribution in [0.1, 0.15) is 65.0 Å². The molecule has 0 radical (unpaired) electrons. The van der Waals surface area contributed by atoms with Gasteiger partial charge in [0.15, 0.2) is 0 Å². The average molecular weight is 440 g/mol. The van der Waals surface area contributed by atoms with Crippen LogP contribution < -0.4 is 5.32 Å². The summed E-state index contributed by atoms with van der Waals surface area (Å²) < 4.78 is 13.1. The van der Waals surface area contributed by atoms with Crippen molar-refractivity contribution in [2.75, 3.05) is 0 Å². The Balaban J connectivity index is 1.54. The number of nitrogens with zero attached hydrogens (tertiary/aromatic N) is 2. The van der Waals surface area contributed by atoms with Crippen molar-refractivity contribution in [1.29, 1.82) is 0 Å². The number of halogens is 1. The normalized spacial score (nSPS) is 17.5. The van der Waals surface area contributed by atoms with Crippen molar-refractivity contribution in [3.8, 4) is 0 Å². The summed E-state index contributed by atoms with van der Waals surface area (Å²) in [6, 6.07) is 20.2. The molecule has 1 saturated carbocycles. The van der Waals surface area contributed by atoms with E-state index in [0.29, 0.717) is 17.0 Å². The van der Waals surface area contributed by atoms with Crippen LogP contribution in [0.4, 0.5) is 4.39 Å². The molecule has 0 bridgehead atoms. The Morgan fingerprint density at radius 1 is 1.06 bits per heavy atom. The number of benzene rings is 2. The van der Waals surface area contributed by atoms with E-state index in [0.717, 1.165) is 34.1 Å². The predicted molar refractivity (Wildman–Crippen MR) is 128 cm³/mol. The molecule has 33 heavy (non-hydrogen) atoms. The minimum absolute atomic E-state index is 0.188. The Hall–Kier alpha value is -3.60. The summed E-state index contributed by atoms with van der Waals surface area (Å²) in [5.41, 5.74) is 5.11. The van der Waals surface area contributed by atoms with E-state index in [4.69, 9.17) is 4.98 Å². The summed E-state index contributed by atoms with van der Waals surface area (Å²) in [6.45, 7) is 3.98. The number of carbonyl (C=O) groups is 1. The Morgan fingerprint density at radius 3 is 2.52 bits per heavy atom. The van der Waals surface area contributed by atoms with Crippen molar-refractivity contribution in [2.45, 2.75) is 38.9 Å². The SMILES string of the molecule is CC1(C)C[C@H]1c1cccnc1[C@@H](NC(=O)c1ccc2ncccc2c1)c1ccc(CF)cc1. The van der Waals surface area contributed by atoms with Crippen LogP contribution in [0.3, 0.4) is 0 Å². The van der Waals surface area contributed by atoms with Crippen molar-refractivity contribution < 1.29 is 9.18 Å². The molecule has 2 atom stereocenters. The van der Waals surface area contributed by atoms with Crippen LogP contribution in [-0.2, 0) is 6.67 Å². The average Bonchev–Trinajstić information content (AvgIpc) is 3.49. The molecule has 2 aromatic heterocycles. The second kappa shape index (κ2) is 8.39. The zero-order chi connectivity index (χ0) is 23.0. The van der Waals surface area contributed by atoms with Crippen molar-refractivity contribution >= 4 is 16.8 Å². The highest BCUT2D eigenvalue weighted by Gasteiger charge is 2.48. The number of amides is 1. The number of pyridine rings is 2. The molecule has 5 heteroatoms. The number of hydrogen-bond donors (Lipinski definition) is 1. The highest BCUT2D eigenvalue weighted by molar-refractivity contribution is 5.98. The fourth-order valence-corrected chi connectivity index (χ4v) is 4.50. The summed E-state index contributed by atoms with van der Waals surface area (Å²) in [5, 5.41) is 4.11. The summed E-state index contributed by atoms with van der Waals surface area (Å²) in [5.74, 6) is 0.212. The first-order valence-corrected chi connectivity index (χ1v) is 11.2. The Kier molecular flexibility index (Phi) is 5.41. The van der Waals surface area contributed by atoms with E-state index in [1.807, 2.05) is 42.5 Å². The van der Waals surface area contributed by atoms with Gasteiger partial charge in [0.05, 0.1) is 17.3 Å². The van der Waals surface area contributed by atoms with Gasteiger partial charge in [0, 0.05) is 23.3 Å². The molecule has 1 aliphatic carbocycles. The van der Waals surface area contributed by atoms with Crippen LogP contribution in [0.5, 0.6) is 0 Å². The molecule has 0 aliphatic heterocycles. The molecule has 1 N–H and O–H groups in total. The zero-order valence-corrected chi connectivity index (χ0v) is 18.8. The van der Waals surface area contributed by atoms with Crippen molar-refractivity contribution in [3.63, 3.8) is 0 Å². The van der Waals surface area contributed by atoms with Gasteiger partial charge in [-0.3, -0.25) is 14.8 Å². The monoisotopic (exact) mass is 439 g/mol. The zero-order valence-electron chi connectivity index (χ0n) is 18.8. The van der Waals surface area contributed by atoms with Crippen molar-refractivity contribution in [3.05, 3.63) is 107 Å². The van der Waals surface area contributed by atoms with E-state index in [1.54, 1.807) is 30.6 Å². The number of carbonyl (C=O) groups excluding carboxylic acids is 1. The number of fused-ring (bicyclic) bond motifs is 1. The summed E-state index contributed by atoms with van der Waals surface area (Å²) >= 11 is 0. The third kappa shape index (κ3) is 4.23. The first-order chi connectivity index (χ1) is 16.0. The maximum absolute atomic E-state index is 13.4. The molecule has 4 nitrogen and oxygen atoms in total. The molecule has 0 saturated heterocycles. The van der Waals surface area contributed by atoms with E-state index in [2.05, 4.69) is 30.2 Å². The van der Waals surface area contributed by atoms with Gasteiger partial charge in [-0.25, -0.2) is 4.39 Å². The molecule has 2 aromatic carbocycles. The predicted octanol–water partition coefficient (Wildman–Crippen LogP) is 6.13. The lowest BCUT2D eigenvalue weighted by molar-refractivity contribution is 0.0942. The second-order valence-corrected chi connectivity index (χ2v) is 9.42. The van der Waals surface area contributed by atoms with Crippen LogP contribution in [0.2, 0.25) is 0 Å². The maximum Gasteiger partial charge on any atom is 0.252 e. The van der Waals surface area contributed by atoms with Gasteiger partial charge in [-0.15, -0.1) is 0 Å². The second-order valence-electron chi connectivity index (χ2n) is 9.42. The fourth-order valence-electron chi connectivity index (χ4n) is 4.50. The molecule has 166 valence electrons. The molecule has 1 amide bonds. The lowest BCUT2D eigenvalue weighted by Crippen LogP contribution is -2.30. The first kappa shape index (κ1) is 21.3. The Bertz CT molecular complexity index is 1320. The van der Waals surface area contributed by atoms with E-state index >= 15 is 0 Å². The fraction of sp³-hybridized carbons (Fsp3) is 0.250. The highest BCUT2D eigenvalue weighted by Crippen LogP contribution is 2.59. The highest BCUT2D eigenvalue weighted by atomic mass is 19.1. The molecular formula is C28H26FN3O. The molecule has 5 rings (SSSR count). The van der Waals surface area contributed by atoms with Crippen LogP contribution >= 0.6 is 0 Å². The summed E-state index contributed by atoms with van der Waals surface area (Å²) in [6.07, 6.45) is 4.59. The molecule has 0 spiro atoms. The van der Waals surface area contributed by atoms with E-state index in [1.165, 1.54) is 0 Å². The van der Waals surface area contributed by atoms with Gasteiger partial charge < -0.3 is 5.32 Å². The number of nitrogens with one attached hydrogen (secondary N) is 1. The third-order valence-corrected chi connectivity index (χ3v) is 6.64. The third-order valence-electron chi connectivity index (χ3n) is 6.64. The molecule has 4 aromatic rings. The number of aromatic nitrogens is 2. The van der Waals surface area contributed by atoms with Gasteiger partial charge in [-0.2, -0.15) is 0 Å². The van der Waals surface area contributed by atoms with Crippen LogP contribution in [0, 0.1) is 5.41 Å². The topological polar surface area (TPSA) is 54.9 Å². The van der Waals surface area contributed by atoms with E-state index < -0.39 is 12.7 Å². The number of alkyl halides is 1. The summed E-state index contributed by atoms with van der Waals surface area (Å²) in [4.78, 5) is 22.4. The molecule has 2 heterocycles. The minimum atomic E-state index is -0.520. The Morgan fingerprint density at radius 2 is 1.79 bits per heavy atom. The largest absolute Gasteiger partial charge is 0.340 e. The first-order valence-electron chi connectivity index (χ1n) is 11.2. The number of rotatable bonds is 6. The molecular weight excluding hydrogens is 413 g/mol. The van der Waals surface area contributed by atoms with Crippen molar-refractivity contribution in [1.82, 2.24) is 15.3 Å². The molecule has 1 aliphatic rings. The van der Waals surface area contributed by atoms with Gasteiger partial charge in [0.1, 0.15) is 6.67 Å². The van der Waals surface area contributed by atoms with Crippen LogP contribution in [-0.4, -0.2) is 15.9 Å². The smallest absolute Gasteiger partial charge is 0.252 e. The van der Waals surface area contributed by atoms with Crippen LogP contribution in [0.15, 0.2) is 79.1 Å². The van der Waals surface area contributed by atoms with E-state index in [9.17, 15) is 9.18 Å². The number of hydrogen-bond acceptors (Lipinski definition) is 3. The van der Waals surface area contributed by atoms with Gasteiger partial charge in [-0.05, 0) is 64.8 Å². The van der Waals surface area contributed by atoms with Crippen molar-refractivity contribution in [2.24, 2.45) is 5.41 Å². The van der Waals surface area contributed by atoms with Gasteiger partial charge >= 0.3 is 0 Å². The van der Waals surface area contributed by atoms with Gasteiger partial charge in [-0.1, -0.05) is 50.2 Å². The molecule has 0 unspecified atom stereocenters. The minimum Gasteiger partial charge on any atom is -0.340 e. The maximum atomic E-state index is 13.4. The van der Waals surface area contributed by atoms with Crippen LogP contribution in [0.25, 0.3) is 10.9 Å². The van der Waals surface area contributed by atoms with E-state index in [-0.39, 0.29) is 11.3 Å². The molecule has 1 fully saturated rings. The van der Waals surface area contributed by atoms with Gasteiger partial charge in [0.2, 0.25) is 0 Å². The Labute approximate surface area is 192 Å². The lowest BCUT2D eigenvalue weighted by Gasteiger charge is -2.22. The standard InChI is InChI=1S/C28H26FN3O/c1-28(2)16-23(28)22-6-4-14-31-26(22)25(19-9-7-18(17-29)8-10-19)32-27(33)21-11-12-24-20(15-21)5-3-13-30-24/h3-15,23,25H,16-17H2,1-2H3,(H,32,33)/t23-,25-/m0/s1. The van der Waals surface area contributed by atoms with Gasteiger partial charge in [0.25, 0.3) is 5.91 Å². The summed E-state index contributed by atoms with van der Waals surface area (Å²) in [7, 11) is 0.